The van der Waals surface area contributed by atoms with E-state index in [1.165, 1.54) is 0 Å². The molecule has 2 aromatic rings. The average molecular weight is 271 g/mol. The summed E-state index contributed by atoms with van der Waals surface area (Å²) in [4.78, 5) is 0. The van der Waals surface area contributed by atoms with Crippen molar-refractivity contribution in [3.63, 3.8) is 0 Å². The molecule has 20 heavy (non-hydrogen) atoms. The highest BCUT2D eigenvalue weighted by Gasteiger charge is 2.29. The Hall–Kier alpha value is -2.00. The third kappa shape index (κ3) is 2.94. The Labute approximate surface area is 120 Å². The van der Waals surface area contributed by atoms with Crippen LogP contribution in [0.5, 0.6) is 5.75 Å². The molecule has 106 valence electrons. The van der Waals surface area contributed by atoms with Crippen LogP contribution in [0, 0.1) is 0 Å². The SMILES string of the molecule is CCC(CO)(Nc1cccc(OC)c1)c1ccccc1. The Morgan fingerprint density at radius 3 is 2.45 bits per heavy atom. The van der Waals surface area contributed by atoms with E-state index in [-0.39, 0.29) is 6.61 Å². The number of benzene rings is 2. The first-order chi connectivity index (χ1) is 9.74. The molecular weight excluding hydrogens is 250 g/mol. The summed E-state index contributed by atoms with van der Waals surface area (Å²) in [6.07, 6.45) is 0.782. The van der Waals surface area contributed by atoms with Crippen molar-refractivity contribution < 1.29 is 9.84 Å². The molecule has 0 aliphatic carbocycles. The van der Waals surface area contributed by atoms with E-state index in [0.717, 1.165) is 23.4 Å². The fourth-order valence-electron chi connectivity index (χ4n) is 2.34. The molecule has 0 spiro atoms. The summed E-state index contributed by atoms with van der Waals surface area (Å²) in [6, 6.07) is 17.8. The third-order valence-electron chi connectivity index (χ3n) is 3.65. The van der Waals surface area contributed by atoms with Crippen molar-refractivity contribution in [2.75, 3.05) is 19.0 Å². The van der Waals surface area contributed by atoms with Crippen LogP contribution in [-0.2, 0) is 5.54 Å². The molecule has 0 aliphatic rings. The standard InChI is InChI=1S/C17H21NO2/c1-3-17(13-19,14-8-5-4-6-9-14)18-15-10-7-11-16(12-15)20-2/h4-12,18-19H,3,13H2,1-2H3. The Kier molecular flexibility index (Phi) is 4.64. The predicted molar refractivity (Wildman–Crippen MR) is 82.1 cm³/mol. The van der Waals surface area contributed by atoms with E-state index in [0.29, 0.717) is 0 Å². The van der Waals surface area contributed by atoms with Gasteiger partial charge in [0.05, 0.1) is 19.3 Å². The summed E-state index contributed by atoms with van der Waals surface area (Å²) in [5, 5.41) is 13.4. The van der Waals surface area contributed by atoms with E-state index in [9.17, 15) is 5.11 Å². The molecule has 0 saturated heterocycles. The first-order valence-corrected chi connectivity index (χ1v) is 6.82. The highest BCUT2D eigenvalue weighted by molar-refractivity contribution is 5.51. The van der Waals surface area contributed by atoms with Gasteiger partial charge in [-0.3, -0.25) is 0 Å². The fraction of sp³-hybridized carbons (Fsp3) is 0.294. The summed E-state index contributed by atoms with van der Waals surface area (Å²) < 4.78 is 5.24. The summed E-state index contributed by atoms with van der Waals surface area (Å²) in [6.45, 7) is 2.10. The van der Waals surface area contributed by atoms with Crippen LogP contribution in [0.1, 0.15) is 18.9 Å². The number of anilines is 1. The topological polar surface area (TPSA) is 41.5 Å². The lowest BCUT2D eigenvalue weighted by molar-refractivity contribution is 0.207. The van der Waals surface area contributed by atoms with Crippen molar-refractivity contribution in [3.8, 4) is 5.75 Å². The number of aliphatic hydroxyl groups is 1. The molecule has 0 aliphatic heterocycles. The van der Waals surface area contributed by atoms with Crippen LogP contribution in [0.15, 0.2) is 54.6 Å². The van der Waals surface area contributed by atoms with Gasteiger partial charge in [0.15, 0.2) is 0 Å². The van der Waals surface area contributed by atoms with Crippen LogP contribution in [0.25, 0.3) is 0 Å². The van der Waals surface area contributed by atoms with Gasteiger partial charge in [-0.1, -0.05) is 43.3 Å². The van der Waals surface area contributed by atoms with E-state index < -0.39 is 5.54 Å². The third-order valence-corrected chi connectivity index (χ3v) is 3.65. The number of aliphatic hydroxyl groups excluding tert-OH is 1. The molecule has 0 bridgehead atoms. The minimum Gasteiger partial charge on any atom is -0.497 e. The van der Waals surface area contributed by atoms with Gasteiger partial charge >= 0.3 is 0 Å². The zero-order valence-corrected chi connectivity index (χ0v) is 12.0. The van der Waals surface area contributed by atoms with Gasteiger partial charge < -0.3 is 15.2 Å². The van der Waals surface area contributed by atoms with E-state index >= 15 is 0 Å². The monoisotopic (exact) mass is 271 g/mol. The lowest BCUT2D eigenvalue weighted by atomic mass is 9.87. The minimum absolute atomic E-state index is 0.0325. The van der Waals surface area contributed by atoms with Crippen molar-refractivity contribution in [2.45, 2.75) is 18.9 Å². The molecule has 2 rings (SSSR count). The van der Waals surface area contributed by atoms with Gasteiger partial charge in [0, 0.05) is 11.8 Å². The van der Waals surface area contributed by atoms with E-state index in [1.807, 2.05) is 54.6 Å². The molecule has 2 aromatic carbocycles. The highest BCUT2D eigenvalue weighted by atomic mass is 16.5. The van der Waals surface area contributed by atoms with Crippen LogP contribution < -0.4 is 10.1 Å². The zero-order valence-electron chi connectivity index (χ0n) is 12.0. The maximum absolute atomic E-state index is 9.92. The minimum atomic E-state index is -0.479. The van der Waals surface area contributed by atoms with Crippen molar-refractivity contribution in [1.29, 1.82) is 0 Å². The predicted octanol–water partition coefficient (Wildman–Crippen LogP) is 3.40. The van der Waals surface area contributed by atoms with Crippen LogP contribution in [0.4, 0.5) is 5.69 Å². The summed E-state index contributed by atoms with van der Waals surface area (Å²) in [5.41, 5.74) is 1.53. The van der Waals surface area contributed by atoms with Crippen LogP contribution in [-0.4, -0.2) is 18.8 Å². The normalized spacial score (nSPS) is 13.6. The molecule has 0 saturated carbocycles. The maximum Gasteiger partial charge on any atom is 0.120 e. The largest absolute Gasteiger partial charge is 0.497 e. The van der Waals surface area contributed by atoms with Gasteiger partial charge in [-0.15, -0.1) is 0 Å². The van der Waals surface area contributed by atoms with Crippen LogP contribution in [0.3, 0.4) is 0 Å². The summed E-state index contributed by atoms with van der Waals surface area (Å²) >= 11 is 0. The van der Waals surface area contributed by atoms with Gasteiger partial charge in [-0.05, 0) is 24.1 Å². The van der Waals surface area contributed by atoms with Gasteiger partial charge in [-0.25, -0.2) is 0 Å². The van der Waals surface area contributed by atoms with Gasteiger partial charge in [-0.2, -0.15) is 0 Å². The number of rotatable bonds is 6. The molecule has 2 N–H and O–H groups in total. The van der Waals surface area contributed by atoms with Gasteiger partial charge in [0.1, 0.15) is 5.75 Å². The molecule has 0 fully saturated rings. The molecule has 1 atom stereocenters. The van der Waals surface area contributed by atoms with Crippen molar-refractivity contribution >= 4 is 5.69 Å². The smallest absolute Gasteiger partial charge is 0.120 e. The molecule has 3 nitrogen and oxygen atoms in total. The van der Waals surface area contributed by atoms with Crippen molar-refractivity contribution in [3.05, 3.63) is 60.2 Å². The Morgan fingerprint density at radius 1 is 1.10 bits per heavy atom. The Morgan fingerprint density at radius 2 is 1.85 bits per heavy atom. The Bertz CT molecular complexity index is 536. The first kappa shape index (κ1) is 14.4. The fourth-order valence-corrected chi connectivity index (χ4v) is 2.34. The second kappa shape index (κ2) is 6.44. The molecule has 0 radical (unpaired) electrons. The second-order valence-corrected chi connectivity index (χ2v) is 4.82. The van der Waals surface area contributed by atoms with Crippen molar-refractivity contribution in [1.82, 2.24) is 0 Å². The van der Waals surface area contributed by atoms with Gasteiger partial charge in [0.2, 0.25) is 0 Å². The molecule has 0 amide bonds. The molecule has 0 heterocycles. The number of hydrogen-bond donors (Lipinski definition) is 2. The van der Waals surface area contributed by atoms with E-state index in [2.05, 4.69) is 12.2 Å². The second-order valence-electron chi connectivity index (χ2n) is 4.82. The summed E-state index contributed by atoms with van der Waals surface area (Å²) in [7, 11) is 1.65. The highest BCUT2D eigenvalue weighted by Crippen LogP contribution is 2.30. The molecular formula is C17H21NO2. The lowest BCUT2D eigenvalue weighted by Gasteiger charge is -2.33. The number of methoxy groups -OCH3 is 1. The Balaban J connectivity index is 2.34. The first-order valence-electron chi connectivity index (χ1n) is 6.82. The zero-order chi connectivity index (χ0) is 14.4. The number of hydrogen-bond acceptors (Lipinski definition) is 3. The quantitative estimate of drug-likeness (QED) is 0.846. The molecule has 0 aromatic heterocycles. The number of nitrogens with one attached hydrogen (secondary N) is 1. The lowest BCUT2D eigenvalue weighted by Crippen LogP contribution is -2.38. The average Bonchev–Trinajstić information content (AvgIpc) is 2.54. The van der Waals surface area contributed by atoms with E-state index in [4.69, 9.17) is 4.74 Å². The maximum atomic E-state index is 9.92. The van der Waals surface area contributed by atoms with Crippen LogP contribution >= 0.6 is 0 Å². The van der Waals surface area contributed by atoms with E-state index in [1.54, 1.807) is 7.11 Å². The molecule has 3 heteroatoms. The van der Waals surface area contributed by atoms with Crippen LogP contribution in [0.2, 0.25) is 0 Å². The number of ether oxygens (including phenoxy) is 1. The molecule has 1 unspecified atom stereocenters. The summed E-state index contributed by atoms with van der Waals surface area (Å²) in [5.74, 6) is 0.797. The van der Waals surface area contributed by atoms with Gasteiger partial charge in [0.25, 0.3) is 0 Å². The van der Waals surface area contributed by atoms with Crippen molar-refractivity contribution in [2.24, 2.45) is 0 Å².